The van der Waals surface area contributed by atoms with Crippen LogP contribution in [0.3, 0.4) is 0 Å². The molecule has 0 unspecified atom stereocenters. The number of hydrogen-bond donors (Lipinski definition) is 0. The molecule has 1 atom stereocenters. The summed E-state index contributed by atoms with van der Waals surface area (Å²) in [5.74, 6) is 0.0568. The van der Waals surface area contributed by atoms with Crippen LogP contribution in [-0.4, -0.2) is 27.3 Å². The zero-order valence-corrected chi connectivity index (χ0v) is 13.0. The molecule has 0 aliphatic carbocycles. The van der Waals surface area contributed by atoms with Gasteiger partial charge in [0.1, 0.15) is 10.7 Å². The van der Waals surface area contributed by atoms with E-state index in [0.29, 0.717) is 5.69 Å². The Kier molecular flexibility index (Phi) is 4.12. The first-order chi connectivity index (χ1) is 9.79. The van der Waals surface area contributed by atoms with Crippen molar-refractivity contribution in [2.75, 3.05) is 6.54 Å². The Morgan fingerprint density at radius 3 is 3.15 bits per heavy atom. The molecule has 1 saturated heterocycles. The number of likely N-dealkylation sites (tertiary alicyclic amines) is 1. The fraction of sp³-hybridized carbons (Fsp3) is 0.500. The summed E-state index contributed by atoms with van der Waals surface area (Å²) in [6.45, 7) is 2.94. The molecule has 2 aromatic rings. The second-order valence-corrected chi connectivity index (χ2v) is 6.77. The number of nitrogens with zero attached hydrogens (tertiary/aromatic N) is 3. The second kappa shape index (κ2) is 6.01. The molecule has 1 aliphatic heterocycles. The number of thiazole rings is 2. The van der Waals surface area contributed by atoms with Gasteiger partial charge in [-0.2, -0.15) is 0 Å². The van der Waals surface area contributed by atoms with Gasteiger partial charge in [-0.3, -0.25) is 4.79 Å². The Hall–Kier alpha value is -1.27. The maximum atomic E-state index is 12.6. The molecule has 4 nitrogen and oxygen atoms in total. The molecule has 0 bridgehead atoms. The van der Waals surface area contributed by atoms with E-state index in [2.05, 4.69) is 16.9 Å². The van der Waals surface area contributed by atoms with Gasteiger partial charge in [-0.15, -0.1) is 22.7 Å². The standard InChI is InChI=1S/C14H17N3OS2/c1-2-4-12-16-10(9-20-12)14(18)17-7-3-5-11(17)13-15-6-8-19-13/h6,8-9,11H,2-5,7H2,1H3/t11-/m1/s1. The Labute approximate surface area is 126 Å². The lowest BCUT2D eigenvalue weighted by atomic mass is 10.2. The van der Waals surface area contributed by atoms with Gasteiger partial charge >= 0.3 is 0 Å². The molecule has 1 fully saturated rings. The number of aryl methyl sites for hydroxylation is 1. The average Bonchev–Trinajstić information content (AvgIpc) is 3.19. The lowest BCUT2D eigenvalue weighted by Gasteiger charge is -2.22. The molecule has 0 spiro atoms. The van der Waals surface area contributed by atoms with Crippen LogP contribution in [0.1, 0.15) is 52.7 Å². The minimum absolute atomic E-state index is 0.0568. The van der Waals surface area contributed by atoms with Crippen LogP contribution in [0.2, 0.25) is 0 Å². The number of aromatic nitrogens is 2. The van der Waals surface area contributed by atoms with Crippen molar-refractivity contribution in [2.45, 2.75) is 38.6 Å². The topological polar surface area (TPSA) is 46.1 Å². The predicted molar refractivity (Wildman–Crippen MR) is 81.2 cm³/mol. The first-order valence-corrected chi connectivity index (χ1v) is 8.70. The van der Waals surface area contributed by atoms with Crippen LogP contribution in [0.4, 0.5) is 0 Å². The van der Waals surface area contributed by atoms with Crippen LogP contribution in [0.25, 0.3) is 0 Å². The van der Waals surface area contributed by atoms with E-state index in [4.69, 9.17) is 0 Å². The number of amides is 1. The Bertz CT molecular complexity index is 579. The minimum Gasteiger partial charge on any atom is -0.328 e. The van der Waals surface area contributed by atoms with Crippen molar-refractivity contribution in [2.24, 2.45) is 0 Å². The molecular weight excluding hydrogens is 290 g/mol. The van der Waals surface area contributed by atoms with E-state index in [1.54, 1.807) is 22.7 Å². The van der Waals surface area contributed by atoms with E-state index in [1.165, 1.54) is 0 Å². The van der Waals surface area contributed by atoms with Crippen LogP contribution < -0.4 is 0 Å². The van der Waals surface area contributed by atoms with Crippen LogP contribution in [-0.2, 0) is 6.42 Å². The van der Waals surface area contributed by atoms with E-state index in [9.17, 15) is 4.79 Å². The molecule has 0 aromatic carbocycles. The normalized spacial score (nSPS) is 18.6. The summed E-state index contributed by atoms with van der Waals surface area (Å²) in [6.07, 6.45) is 5.87. The highest BCUT2D eigenvalue weighted by Gasteiger charge is 2.33. The van der Waals surface area contributed by atoms with E-state index in [1.807, 2.05) is 21.9 Å². The molecule has 0 radical (unpaired) electrons. The van der Waals surface area contributed by atoms with Gasteiger partial charge in [0.25, 0.3) is 5.91 Å². The third kappa shape index (κ3) is 2.62. The maximum absolute atomic E-state index is 12.6. The summed E-state index contributed by atoms with van der Waals surface area (Å²) in [6, 6.07) is 0.138. The van der Waals surface area contributed by atoms with E-state index in [-0.39, 0.29) is 11.9 Å². The molecule has 0 N–H and O–H groups in total. The zero-order chi connectivity index (χ0) is 13.9. The third-order valence-electron chi connectivity index (χ3n) is 3.48. The van der Waals surface area contributed by atoms with Crippen molar-refractivity contribution in [3.8, 4) is 0 Å². The van der Waals surface area contributed by atoms with Crippen molar-refractivity contribution in [3.63, 3.8) is 0 Å². The zero-order valence-electron chi connectivity index (χ0n) is 11.4. The van der Waals surface area contributed by atoms with Crippen molar-refractivity contribution in [3.05, 3.63) is 32.7 Å². The molecule has 1 aliphatic rings. The van der Waals surface area contributed by atoms with Gasteiger partial charge in [-0.25, -0.2) is 9.97 Å². The second-order valence-electron chi connectivity index (χ2n) is 4.90. The molecule has 0 saturated carbocycles. The van der Waals surface area contributed by atoms with Crippen LogP contribution in [0.5, 0.6) is 0 Å². The van der Waals surface area contributed by atoms with Gasteiger partial charge in [0.2, 0.25) is 0 Å². The van der Waals surface area contributed by atoms with Gasteiger partial charge in [0.05, 0.1) is 11.0 Å². The summed E-state index contributed by atoms with van der Waals surface area (Å²) in [7, 11) is 0. The lowest BCUT2D eigenvalue weighted by molar-refractivity contribution is 0.0730. The molecule has 3 heterocycles. The minimum atomic E-state index is 0.0568. The van der Waals surface area contributed by atoms with Gasteiger partial charge in [-0.05, 0) is 25.7 Å². The highest BCUT2D eigenvalue weighted by Crippen LogP contribution is 2.34. The van der Waals surface area contributed by atoms with E-state index < -0.39 is 0 Å². The third-order valence-corrected chi connectivity index (χ3v) is 5.27. The Morgan fingerprint density at radius 1 is 1.50 bits per heavy atom. The van der Waals surface area contributed by atoms with Gasteiger partial charge < -0.3 is 4.90 Å². The van der Waals surface area contributed by atoms with Crippen molar-refractivity contribution in [1.29, 1.82) is 0 Å². The number of hydrogen-bond acceptors (Lipinski definition) is 5. The summed E-state index contributed by atoms with van der Waals surface area (Å²) in [5.41, 5.74) is 0.599. The predicted octanol–water partition coefficient (Wildman–Crippen LogP) is 3.53. The monoisotopic (exact) mass is 307 g/mol. The largest absolute Gasteiger partial charge is 0.328 e. The fourth-order valence-corrected chi connectivity index (χ4v) is 4.21. The summed E-state index contributed by atoms with van der Waals surface area (Å²) >= 11 is 3.22. The SMILES string of the molecule is CCCc1nc(C(=O)N2CCC[C@@H]2c2nccs2)cs1. The van der Waals surface area contributed by atoms with Crippen molar-refractivity contribution >= 4 is 28.6 Å². The molecular formula is C14H17N3OS2. The maximum Gasteiger partial charge on any atom is 0.273 e. The molecule has 20 heavy (non-hydrogen) atoms. The van der Waals surface area contributed by atoms with Gasteiger partial charge in [-0.1, -0.05) is 6.92 Å². The highest BCUT2D eigenvalue weighted by molar-refractivity contribution is 7.10. The lowest BCUT2D eigenvalue weighted by Crippen LogP contribution is -2.30. The van der Waals surface area contributed by atoms with Crippen molar-refractivity contribution < 1.29 is 4.79 Å². The number of carbonyl (C=O) groups excluding carboxylic acids is 1. The summed E-state index contributed by atoms with van der Waals surface area (Å²) < 4.78 is 0. The fourth-order valence-electron chi connectivity index (χ4n) is 2.55. The first-order valence-electron chi connectivity index (χ1n) is 6.94. The quantitative estimate of drug-likeness (QED) is 0.868. The Morgan fingerprint density at radius 2 is 2.40 bits per heavy atom. The highest BCUT2D eigenvalue weighted by atomic mass is 32.1. The molecule has 1 amide bonds. The van der Waals surface area contributed by atoms with Crippen LogP contribution >= 0.6 is 22.7 Å². The molecule has 106 valence electrons. The van der Waals surface area contributed by atoms with Crippen molar-refractivity contribution in [1.82, 2.24) is 14.9 Å². The number of carbonyl (C=O) groups is 1. The molecule has 3 rings (SSSR count). The summed E-state index contributed by atoms with van der Waals surface area (Å²) in [4.78, 5) is 23.4. The van der Waals surface area contributed by atoms with Gasteiger partial charge in [0, 0.05) is 23.5 Å². The average molecular weight is 307 g/mol. The molecule has 6 heteroatoms. The van der Waals surface area contributed by atoms with E-state index >= 15 is 0 Å². The first kappa shape index (κ1) is 13.7. The molecule has 2 aromatic heterocycles. The number of rotatable bonds is 4. The van der Waals surface area contributed by atoms with Gasteiger partial charge in [0.15, 0.2) is 0 Å². The smallest absolute Gasteiger partial charge is 0.273 e. The van der Waals surface area contributed by atoms with Crippen LogP contribution in [0, 0.1) is 0 Å². The van der Waals surface area contributed by atoms with Crippen LogP contribution in [0.15, 0.2) is 17.0 Å². The Balaban J connectivity index is 1.78. The summed E-state index contributed by atoms with van der Waals surface area (Å²) in [5, 5.41) is 5.96. The van der Waals surface area contributed by atoms with E-state index in [0.717, 1.165) is 42.2 Å².